The highest BCUT2D eigenvalue weighted by Crippen LogP contribution is 2.34. The SMILES string of the molecule is CC(NCCc1ccccc1)(c1cnoc1)c1ccccc1Br. The average Bonchev–Trinajstić information content (AvgIpc) is 3.11. The zero-order chi connectivity index (χ0) is 16.1. The standard InChI is InChI=1S/C19H19BrN2O/c1-19(16-13-22-23-14-16,17-9-5-6-10-18(17)20)21-12-11-15-7-3-2-4-8-15/h2-10,13-14,21H,11-12H2,1H3. The van der Waals surface area contributed by atoms with Gasteiger partial charge in [-0.25, -0.2) is 0 Å². The molecule has 118 valence electrons. The van der Waals surface area contributed by atoms with Crippen LogP contribution >= 0.6 is 15.9 Å². The number of aromatic nitrogens is 1. The van der Waals surface area contributed by atoms with Crippen molar-refractivity contribution in [2.45, 2.75) is 18.9 Å². The summed E-state index contributed by atoms with van der Waals surface area (Å²) >= 11 is 3.66. The van der Waals surface area contributed by atoms with Gasteiger partial charge in [-0.1, -0.05) is 69.6 Å². The summed E-state index contributed by atoms with van der Waals surface area (Å²) in [6.45, 7) is 3.01. The largest absolute Gasteiger partial charge is 0.364 e. The molecule has 0 bridgehead atoms. The minimum atomic E-state index is -0.366. The summed E-state index contributed by atoms with van der Waals surface area (Å²) in [4.78, 5) is 0. The Bertz CT molecular complexity index is 743. The van der Waals surface area contributed by atoms with Crippen LogP contribution in [0.2, 0.25) is 0 Å². The summed E-state index contributed by atoms with van der Waals surface area (Å²) in [7, 11) is 0. The minimum Gasteiger partial charge on any atom is -0.364 e. The fraction of sp³-hybridized carbons (Fsp3) is 0.211. The normalized spacial score (nSPS) is 13.7. The van der Waals surface area contributed by atoms with E-state index in [1.165, 1.54) is 5.56 Å². The number of nitrogens with zero attached hydrogens (tertiary/aromatic N) is 1. The fourth-order valence-electron chi connectivity index (χ4n) is 2.77. The van der Waals surface area contributed by atoms with Gasteiger partial charge in [-0.3, -0.25) is 0 Å². The molecular formula is C19H19BrN2O. The van der Waals surface area contributed by atoms with Gasteiger partial charge in [0.25, 0.3) is 0 Å². The second-order valence-electron chi connectivity index (χ2n) is 5.68. The Morgan fingerprint density at radius 2 is 1.83 bits per heavy atom. The van der Waals surface area contributed by atoms with Crippen molar-refractivity contribution in [2.75, 3.05) is 6.54 Å². The Morgan fingerprint density at radius 3 is 2.52 bits per heavy atom. The molecule has 3 nitrogen and oxygen atoms in total. The molecule has 0 spiro atoms. The lowest BCUT2D eigenvalue weighted by Crippen LogP contribution is -2.41. The van der Waals surface area contributed by atoms with E-state index in [2.05, 4.69) is 69.7 Å². The van der Waals surface area contributed by atoms with E-state index < -0.39 is 0 Å². The summed E-state index contributed by atoms with van der Waals surface area (Å²) < 4.78 is 6.15. The van der Waals surface area contributed by atoms with Crippen LogP contribution in [0.4, 0.5) is 0 Å². The van der Waals surface area contributed by atoms with Gasteiger partial charge in [-0.05, 0) is 30.5 Å². The molecule has 0 aliphatic rings. The highest BCUT2D eigenvalue weighted by molar-refractivity contribution is 9.10. The van der Waals surface area contributed by atoms with Gasteiger partial charge in [-0.15, -0.1) is 0 Å². The molecule has 0 saturated carbocycles. The zero-order valence-electron chi connectivity index (χ0n) is 13.0. The molecule has 3 aromatic rings. The maximum absolute atomic E-state index is 5.08. The molecule has 1 unspecified atom stereocenters. The highest BCUT2D eigenvalue weighted by atomic mass is 79.9. The van der Waals surface area contributed by atoms with Crippen LogP contribution in [0.5, 0.6) is 0 Å². The molecule has 0 radical (unpaired) electrons. The lowest BCUT2D eigenvalue weighted by Gasteiger charge is -2.31. The van der Waals surface area contributed by atoms with E-state index in [0.29, 0.717) is 0 Å². The van der Waals surface area contributed by atoms with E-state index in [1.807, 2.05) is 18.2 Å². The van der Waals surface area contributed by atoms with Crippen molar-refractivity contribution in [1.82, 2.24) is 10.5 Å². The summed E-state index contributed by atoms with van der Waals surface area (Å²) in [6, 6.07) is 18.7. The van der Waals surface area contributed by atoms with Gasteiger partial charge in [0.1, 0.15) is 6.26 Å². The second kappa shape index (κ2) is 7.11. The zero-order valence-corrected chi connectivity index (χ0v) is 14.6. The molecule has 23 heavy (non-hydrogen) atoms. The van der Waals surface area contributed by atoms with Gasteiger partial charge in [0, 0.05) is 16.6 Å². The fourth-order valence-corrected chi connectivity index (χ4v) is 3.45. The first kappa shape index (κ1) is 16.0. The lowest BCUT2D eigenvalue weighted by molar-refractivity contribution is 0.406. The Balaban J connectivity index is 1.84. The van der Waals surface area contributed by atoms with E-state index in [4.69, 9.17) is 4.52 Å². The van der Waals surface area contributed by atoms with Gasteiger partial charge in [-0.2, -0.15) is 0 Å². The number of halogens is 1. The van der Waals surface area contributed by atoms with Crippen molar-refractivity contribution >= 4 is 15.9 Å². The minimum absolute atomic E-state index is 0.366. The third-order valence-corrected chi connectivity index (χ3v) is 4.85. The molecular weight excluding hydrogens is 352 g/mol. The Kier molecular flexibility index (Phi) is 4.94. The summed E-state index contributed by atoms with van der Waals surface area (Å²) in [6.07, 6.45) is 4.44. The molecule has 3 rings (SSSR count). The van der Waals surface area contributed by atoms with Crippen LogP contribution in [0, 0.1) is 0 Å². The molecule has 0 aliphatic carbocycles. The molecule has 2 aromatic carbocycles. The predicted molar refractivity (Wildman–Crippen MR) is 95.2 cm³/mol. The van der Waals surface area contributed by atoms with Crippen molar-refractivity contribution in [1.29, 1.82) is 0 Å². The lowest BCUT2D eigenvalue weighted by atomic mass is 9.86. The van der Waals surface area contributed by atoms with Crippen LogP contribution in [0.1, 0.15) is 23.6 Å². The number of hydrogen-bond donors (Lipinski definition) is 1. The topological polar surface area (TPSA) is 38.1 Å². The van der Waals surface area contributed by atoms with E-state index >= 15 is 0 Å². The van der Waals surface area contributed by atoms with E-state index in [-0.39, 0.29) is 5.54 Å². The van der Waals surface area contributed by atoms with Crippen LogP contribution < -0.4 is 5.32 Å². The van der Waals surface area contributed by atoms with Crippen molar-refractivity contribution in [3.63, 3.8) is 0 Å². The average molecular weight is 371 g/mol. The maximum atomic E-state index is 5.08. The number of rotatable bonds is 6. The van der Waals surface area contributed by atoms with Gasteiger partial charge in [0.2, 0.25) is 0 Å². The van der Waals surface area contributed by atoms with Crippen molar-refractivity contribution in [3.8, 4) is 0 Å². The van der Waals surface area contributed by atoms with Crippen LogP contribution in [-0.2, 0) is 12.0 Å². The number of nitrogens with one attached hydrogen (secondary N) is 1. The molecule has 4 heteroatoms. The molecule has 1 heterocycles. The van der Waals surface area contributed by atoms with Gasteiger partial charge < -0.3 is 9.84 Å². The molecule has 1 atom stereocenters. The first-order chi connectivity index (χ1) is 11.2. The third-order valence-electron chi connectivity index (χ3n) is 4.16. The Morgan fingerprint density at radius 1 is 1.09 bits per heavy atom. The molecule has 0 amide bonds. The van der Waals surface area contributed by atoms with Gasteiger partial charge in [0.15, 0.2) is 0 Å². The second-order valence-corrected chi connectivity index (χ2v) is 6.53. The van der Waals surface area contributed by atoms with Crippen molar-refractivity contribution in [2.24, 2.45) is 0 Å². The first-order valence-electron chi connectivity index (χ1n) is 7.64. The maximum Gasteiger partial charge on any atom is 0.129 e. The van der Waals surface area contributed by atoms with E-state index in [9.17, 15) is 0 Å². The van der Waals surface area contributed by atoms with E-state index in [1.54, 1.807) is 12.5 Å². The smallest absolute Gasteiger partial charge is 0.129 e. The summed E-state index contributed by atoms with van der Waals surface area (Å²) in [5.74, 6) is 0. The van der Waals surface area contributed by atoms with Crippen LogP contribution in [0.3, 0.4) is 0 Å². The van der Waals surface area contributed by atoms with E-state index in [0.717, 1.165) is 28.6 Å². The molecule has 0 saturated heterocycles. The number of benzene rings is 2. The summed E-state index contributed by atoms with van der Waals surface area (Å²) in [5, 5.41) is 7.55. The monoisotopic (exact) mass is 370 g/mol. The first-order valence-corrected chi connectivity index (χ1v) is 8.43. The van der Waals surface area contributed by atoms with Crippen LogP contribution in [0.15, 0.2) is 76.1 Å². The molecule has 1 aromatic heterocycles. The summed E-state index contributed by atoms with van der Waals surface area (Å²) in [5.41, 5.74) is 3.13. The molecule has 0 aliphatic heterocycles. The highest BCUT2D eigenvalue weighted by Gasteiger charge is 2.31. The Hall–Kier alpha value is -1.91. The molecule has 0 fully saturated rings. The van der Waals surface area contributed by atoms with Crippen molar-refractivity contribution in [3.05, 3.63) is 88.2 Å². The van der Waals surface area contributed by atoms with Crippen molar-refractivity contribution < 1.29 is 4.52 Å². The number of hydrogen-bond acceptors (Lipinski definition) is 3. The van der Waals surface area contributed by atoms with Crippen LogP contribution in [0.25, 0.3) is 0 Å². The van der Waals surface area contributed by atoms with Gasteiger partial charge >= 0.3 is 0 Å². The van der Waals surface area contributed by atoms with Gasteiger partial charge in [0.05, 0.1) is 11.7 Å². The predicted octanol–water partition coefficient (Wildman–Crippen LogP) is 4.53. The van der Waals surface area contributed by atoms with Crippen LogP contribution in [-0.4, -0.2) is 11.7 Å². The third kappa shape index (κ3) is 3.54. The molecule has 1 N–H and O–H groups in total. The Labute approximate surface area is 144 Å². The quantitative estimate of drug-likeness (QED) is 0.692.